The molecule has 4 rings (SSSR count). The Hall–Kier alpha value is -1.86. The van der Waals surface area contributed by atoms with E-state index in [9.17, 15) is 13.2 Å². The molecule has 1 saturated heterocycles. The Kier molecular flexibility index (Phi) is 8.68. The van der Waals surface area contributed by atoms with Gasteiger partial charge in [0.25, 0.3) is 0 Å². The molecule has 1 aliphatic heterocycles. The van der Waals surface area contributed by atoms with E-state index in [1.54, 1.807) is 0 Å². The fraction of sp³-hybridized carbons (Fsp3) is 0.500. The number of hydrogen-bond donors (Lipinski definition) is 0. The quantitative estimate of drug-likeness (QED) is 0.284. The number of likely N-dealkylation sites (tertiary alicyclic amines) is 1. The van der Waals surface area contributed by atoms with Crippen LogP contribution in [0.15, 0.2) is 61.2 Å². The van der Waals surface area contributed by atoms with E-state index in [4.69, 9.17) is 23.2 Å². The zero-order chi connectivity index (χ0) is 27.8. The molecule has 8 heteroatoms. The normalized spacial score (nSPS) is 25.2. The highest BCUT2D eigenvalue weighted by atomic mass is 35.5. The van der Waals surface area contributed by atoms with Gasteiger partial charge in [0.05, 0.1) is 17.7 Å². The molecule has 5 nitrogen and oxygen atoms in total. The molecule has 2 fully saturated rings. The van der Waals surface area contributed by atoms with Gasteiger partial charge in [-0.2, -0.15) is 4.31 Å². The maximum Gasteiger partial charge on any atom is 0.229 e. The molecule has 2 aromatic rings. The summed E-state index contributed by atoms with van der Waals surface area (Å²) >= 11 is 12.7. The molecule has 1 amide bonds. The summed E-state index contributed by atoms with van der Waals surface area (Å²) in [5.74, 6) is 0.233. The first kappa shape index (κ1) is 29.1. The number of rotatable bonds is 10. The molecule has 0 radical (unpaired) electrons. The molecular formula is C30H38Cl2N2O3S. The highest BCUT2D eigenvalue weighted by molar-refractivity contribution is 7.88. The first-order valence-corrected chi connectivity index (χ1v) is 15.9. The highest BCUT2D eigenvalue weighted by Gasteiger charge is 2.54. The first-order valence-electron chi connectivity index (χ1n) is 13.3. The van der Waals surface area contributed by atoms with Crippen molar-refractivity contribution in [2.45, 2.75) is 70.5 Å². The van der Waals surface area contributed by atoms with Gasteiger partial charge in [0, 0.05) is 34.6 Å². The van der Waals surface area contributed by atoms with E-state index >= 15 is 0 Å². The molecular weight excluding hydrogens is 539 g/mol. The lowest BCUT2D eigenvalue weighted by Gasteiger charge is -2.53. The van der Waals surface area contributed by atoms with Crippen LogP contribution in [-0.2, 0) is 14.8 Å². The summed E-state index contributed by atoms with van der Waals surface area (Å²) < 4.78 is 27.2. The van der Waals surface area contributed by atoms with Gasteiger partial charge in [-0.3, -0.25) is 4.79 Å². The third-order valence-corrected chi connectivity index (χ3v) is 9.99. The number of amides is 1. The van der Waals surface area contributed by atoms with Gasteiger partial charge in [0.15, 0.2) is 0 Å². The molecule has 0 aromatic heterocycles. The van der Waals surface area contributed by atoms with E-state index in [-0.39, 0.29) is 42.4 Å². The van der Waals surface area contributed by atoms with Crippen LogP contribution in [0.5, 0.6) is 0 Å². The lowest BCUT2D eigenvalue weighted by Crippen LogP contribution is -2.59. The Labute approximate surface area is 237 Å². The monoisotopic (exact) mass is 576 g/mol. The fourth-order valence-corrected chi connectivity index (χ4v) is 7.63. The Morgan fingerprint density at radius 2 is 1.76 bits per heavy atom. The Balaban J connectivity index is 1.92. The van der Waals surface area contributed by atoms with Gasteiger partial charge in [-0.05, 0) is 80.8 Å². The van der Waals surface area contributed by atoms with Crippen molar-refractivity contribution in [3.05, 3.63) is 82.4 Å². The van der Waals surface area contributed by atoms with Gasteiger partial charge < -0.3 is 4.90 Å². The summed E-state index contributed by atoms with van der Waals surface area (Å²) in [6.07, 6.45) is 6.16. The second kappa shape index (κ2) is 11.3. The zero-order valence-electron chi connectivity index (χ0n) is 22.6. The van der Waals surface area contributed by atoms with E-state index in [1.807, 2.05) is 74.2 Å². The number of halogens is 2. The van der Waals surface area contributed by atoms with Crippen molar-refractivity contribution in [3.63, 3.8) is 0 Å². The van der Waals surface area contributed by atoms with Gasteiger partial charge in [-0.25, -0.2) is 8.42 Å². The number of allylic oxidation sites excluding steroid dienone is 1. The van der Waals surface area contributed by atoms with Crippen LogP contribution < -0.4 is 0 Å². The van der Waals surface area contributed by atoms with Crippen molar-refractivity contribution in [3.8, 4) is 0 Å². The predicted molar refractivity (Wildman–Crippen MR) is 156 cm³/mol. The van der Waals surface area contributed by atoms with Crippen LogP contribution in [0.4, 0.5) is 0 Å². The summed E-state index contributed by atoms with van der Waals surface area (Å²) in [7, 11) is -3.47. The zero-order valence-corrected chi connectivity index (χ0v) is 24.9. The highest BCUT2D eigenvalue weighted by Crippen LogP contribution is 2.54. The molecule has 1 aliphatic carbocycles. The van der Waals surface area contributed by atoms with Gasteiger partial charge >= 0.3 is 0 Å². The maximum atomic E-state index is 14.6. The maximum absolute atomic E-state index is 14.6. The van der Waals surface area contributed by atoms with E-state index in [0.717, 1.165) is 24.0 Å². The fourth-order valence-electron chi connectivity index (χ4n) is 6.11. The summed E-state index contributed by atoms with van der Waals surface area (Å²) in [4.78, 5) is 16.6. The third kappa shape index (κ3) is 6.14. The van der Waals surface area contributed by atoms with Gasteiger partial charge in [0.2, 0.25) is 15.9 Å². The standard InChI is InChI=1S/C30H38Cl2N2O3S/c1-6-16-30(4)18-26(23-8-7-9-25(32)17-23)28(22-12-14-24(31)15-13-22)34(29(30)35)27(21-10-11-21)19-33(20(2)3)38(5,36)37/h6-9,12-15,17,20-21,26-28H,1,10-11,16,18-19H2,2-5H3/t26-,27?,28-,30+/m1/s1. The molecule has 0 bridgehead atoms. The molecule has 0 N–H and O–H groups in total. The lowest BCUT2D eigenvalue weighted by atomic mass is 9.67. The number of piperidine rings is 1. The van der Waals surface area contributed by atoms with Crippen molar-refractivity contribution >= 4 is 39.1 Å². The van der Waals surface area contributed by atoms with Crippen LogP contribution in [-0.4, -0.2) is 48.4 Å². The van der Waals surface area contributed by atoms with Crippen LogP contribution in [0.2, 0.25) is 10.0 Å². The van der Waals surface area contributed by atoms with E-state index in [0.29, 0.717) is 22.9 Å². The van der Waals surface area contributed by atoms with E-state index in [1.165, 1.54) is 10.6 Å². The van der Waals surface area contributed by atoms with Crippen molar-refractivity contribution in [1.82, 2.24) is 9.21 Å². The van der Waals surface area contributed by atoms with Crippen LogP contribution in [0.25, 0.3) is 0 Å². The van der Waals surface area contributed by atoms with Crippen LogP contribution in [0.1, 0.15) is 69.5 Å². The lowest BCUT2D eigenvalue weighted by molar-refractivity contribution is -0.155. The number of carbonyl (C=O) groups excluding carboxylic acids is 1. The minimum Gasteiger partial charge on any atom is -0.330 e. The van der Waals surface area contributed by atoms with Crippen LogP contribution in [0.3, 0.4) is 0 Å². The Morgan fingerprint density at radius 1 is 1.11 bits per heavy atom. The summed E-state index contributed by atoms with van der Waals surface area (Å²) in [5.41, 5.74) is 1.36. The van der Waals surface area contributed by atoms with Crippen molar-refractivity contribution in [1.29, 1.82) is 0 Å². The van der Waals surface area contributed by atoms with Crippen LogP contribution in [0, 0.1) is 11.3 Å². The number of carbonyl (C=O) groups is 1. The SMILES string of the molecule is C=CC[C@@]1(C)C[C@H](c2cccc(Cl)c2)[C@@H](c2ccc(Cl)cc2)N(C(CN(C(C)C)S(C)(=O)=O)C2CC2)C1=O. The van der Waals surface area contributed by atoms with Gasteiger partial charge in [-0.1, -0.05) is 60.5 Å². The van der Waals surface area contributed by atoms with E-state index in [2.05, 4.69) is 12.6 Å². The van der Waals surface area contributed by atoms with Gasteiger partial charge in [0.1, 0.15) is 0 Å². The summed E-state index contributed by atoms with van der Waals surface area (Å²) in [5, 5.41) is 1.27. The number of sulfonamides is 1. The third-order valence-electron chi connectivity index (χ3n) is 8.08. The minimum absolute atomic E-state index is 0.0461. The van der Waals surface area contributed by atoms with Gasteiger partial charge in [-0.15, -0.1) is 6.58 Å². The molecule has 1 saturated carbocycles. The molecule has 1 heterocycles. The molecule has 1 unspecified atom stereocenters. The average Bonchev–Trinajstić information content (AvgIpc) is 3.67. The minimum atomic E-state index is -3.47. The number of nitrogens with zero attached hydrogens (tertiary/aromatic N) is 2. The topological polar surface area (TPSA) is 57.7 Å². The molecule has 4 atom stereocenters. The van der Waals surface area contributed by atoms with Crippen LogP contribution >= 0.6 is 23.2 Å². The second-order valence-electron chi connectivity index (χ2n) is 11.5. The predicted octanol–water partition coefficient (Wildman–Crippen LogP) is 7.08. The molecule has 2 aliphatic rings. The first-order chi connectivity index (χ1) is 17.9. The Morgan fingerprint density at radius 3 is 2.29 bits per heavy atom. The summed E-state index contributed by atoms with van der Waals surface area (Å²) in [6, 6.07) is 14.8. The summed E-state index contributed by atoms with van der Waals surface area (Å²) in [6.45, 7) is 10.0. The molecule has 38 heavy (non-hydrogen) atoms. The van der Waals surface area contributed by atoms with Crippen molar-refractivity contribution in [2.75, 3.05) is 12.8 Å². The average molecular weight is 578 g/mol. The Bertz CT molecular complexity index is 1280. The second-order valence-corrected chi connectivity index (χ2v) is 14.3. The molecule has 2 aromatic carbocycles. The molecule has 0 spiro atoms. The smallest absolute Gasteiger partial charge is 0.229 e. The number of hydrogen-bond acceptors (Lipinski definition) is 3. The molecule has 206 valence electrons. The number of benzene rings is 2. The van der Waals surface area contributed by atoms with Crippen molar-refractivity contribution in [2.24, 2.45) is 11.3 Å². The largest absolute Gasteiger partial charge is 0.330 e. The van der Waals surface area contributed by atoms with E-state index < -0.39 is 15.4 Å². The van der Waals surface area contributed by atoms with Crippen molar-refractivity contribution < 1.29 is 13.2 Å².